The van der Waals surface area contributed by atoms with Crippen molar-refractivity contribution in [3.05, 3.63) is 0 Å². The first kappa shape index (κ1) is 8.94. The van der Waals surface area contributed by atoms with Gasteiger partial charge in [0.05, 0.1) is 0 Å². The summed E-state index contributed by atoms with van der Waals surface area (Å²) in [5, 5.41) is 11.9. The fourth-order valence-corrected chi connectivity index (χ4v) is 0.274. The molecule has 0 aromatic carbocycles. The molecule has 4 nitrogen and oxygen atoms in total. The first-order valence-corrected chi connectivity index (χ1v) is 3.07. The van der Waals surface area contributed by atoms with Gasteiger partial charge in [-0.3, -0.25) is 0 Å². The molecule has 0 radical (unpaired) electrons. The molecule has 0 aliphatic carbocycles. The number of carboxylic acid groups (broad SMARTS) is 1. The van der Waals surface area contributed by atoms with Gasteiger partial charge in [0.15, 0.2) is 0 Å². The second kappa shape index (κ2) is 3.87. The number of aliphatic carboxylic acids is 1. The summed E-state index contributed by atoms with van der Waals surface area (Å²) in [6, 6.07) is 0.175. The van der Waals surface area contributed by atoms with Gasteiger partial charge in [0, 0.05) is 6.04 Å². The Kier molecular flexibility index (Phi) is 3.46. The summed E-state index contributed by atoms with van der Waals surface area (Å²) in [6.45, 7) is 5.22. The van der Waals surface area contributed by atoms with Crippen LogP contribution in [0.4, 0.5) is 0 Å². The Morgan fingerprint density at radius 3 is 2.40 bits per heavy atom. The van der Waals surface area contributed by atoms with Gasteiger partial charge in [0.2, 0.25) is 0 Å². The molecule has 0 rings (SSSR count). The second-order valence-corrected chi connectivity index (χ2v) is 2.29. The zero-order chi connectivity index (χ0) is 8.15. The van der Waals surface area contributed by atoms with Crippen molar-refractivity contribution < 1.29 is 9.90 Å². The molecule has 0 heterocycles. The lowest BCUT2D eigenvalue weighted by Crippen LogP contribution is -2.20. The molecule has 0 aliphatic heterocycles. The van der Waals surface area contributed by atoms with E-state index in [0.717, 1.165) is 0 Å². The number of nitrogens with zero attached hydrogens (tertiary/aromatic N) is 1. The van der Waals surface area contributed by atoms with Crippen molar-refractivity contribution in [1.82, 2.24) is 5.43 Å². The first-order valence-electron chi connectivity index (χ1n) is 3.07. The fourth-order valence-electron chi connectivity index (χ4n) is 0.274. The SMILES string of the molecule is C/C(=N/NC(C)C)C(=O)O. The van der Waals surface area contributed by atoms with E-state index in [9.17, 15) is 4.79 Å². The van der Waals surface area contributed by atoms with E-state index in [4.69, 9.17) is 5.11 Å². The molecular formula is C6H12N2O2. The second-order valence-electron chi connectivity index (χ2n) is 2.29. The molecule has 0 bridgehead atoms. The molecule has 10 heavy (non-hydrogen) atoms. The molecule has 0 amide bonds. The van der Waals surface area contributed by atoms with Gasteiger partial charge in [-0.15, -0.1) is 0 Å². The van der Waals surface area contributed by atoms with E-state index in [0.29, 0.717) is 0 Å². The molecule has 0 atom stereocenters. The Balaban J connectivity index is 3.81. The maximum atomic E-state index is 10.1. The van der Waals surface area contributed by atoms with Crippen LogP contribution >= 0.6 is 0 Å². The van der Waals surface area contributed by atoms with Crippen molar-refractivity contribution in [2.45, 2.75) is 26.8 Å². The van der Waals surface area contributed by atoms with Crippen molar-refractivity contribution in [2.75, 3.05) is 0 Å². The summed E-state index contributed by atoms with van der Waals surface area (Å²) < 4.78 is 0. The van der Waals surface area contributed by atoms with E-state index in [-0.39, 0.29) is 11.8 Å². The average Bonchev–Trinajstić information content (AvgIpc) is 1.82. The monoisotopic (exact) mass is 144 g/mol. The van der Waals surface area contributed by atoms with E-state index >= 15 is 0 Å². The van der Waals surface area contributed by atoms with Gasteiger partial charge in [-0.05, 0) is 20.8 Å². The van der Waals surface area contributed by atoms with Crippen LogP contribution in [0.2, 0.25) is 0 Å². The minimum Gasteiger partial charge on any atom is -0.477 e. The van der Waals surface area contributed by atoms with E-state index in [1.54, 1.807) is 0 Å². The molecule has 0 saturated heterocycles. The third-order valence-corrected chi connectivity index (χ3v) is 0.800. The van der Waals surface area contributed by atoms with E-state index in [1.165, 1.54) is 6.92 Å². The smallest absolute Gasteiger partial charge is 0.351 e. The third kappa shape index (κ3) is 3.88. The predicted octanol–water partition coefficient (Wildman–Crippen LogP) is 0.445. The minimum atomic E-state index is -0.992. The number of hydrazone groups is 1. The summed E-state index contributed by atoms with van der Waals surface area (Å²) >= 11 is 0. The summed E-state index contributed by atoms with van der Waals surface area (Å²) in [4.78, 5) is 10.1. The Morgan fingerprint density at radius 1 is 1.60 bits per heavy atom. The van der Waals surface area contributed by atoms with Crippen LogP contribution in [0.3, 0.4) is 0 Å². The molecule has 0 aromatic rings. The Hall–Kier alpha value is -1.06. The highest BCUT2D eigenvalue weighted by Gasteiger charge is 2.00. The normalized spacial score (nSPS) is 11.8. The highest BCUT2D eigenvalue weighted by atomic mass is 16.4. The van der Waals surface area contributed by atoms with E-state index in [1.807, 2.05) is 13.8 Å². The van der Waals surface area contributed by atoms with E-state index < -0.39 is 5.97 Å². The molecule has 58 valence electrons. The first-order chi connectivity index (χ1) is 4.54. The minimum absolute atomic E-state index is 0.0775. The van der Waals surface area contributed by atoms with Crippen LogP contribution in [0.1, 0.15) is 20.8 Å². The average molecular weight is 144 g/mol. The molecular weight excluding hydrogens is 132 g/mol. The van der Waals surface area contributed by atoms with Crippen molar-refractivity contribution in [2.24, 2.45) is 5.10 Å². The van der Waals surface area contributed by atoms with Gasteiger partial charge in [-0.25, -0.2) is 4.79 Å². The van der Waals surface area contributed by atoms with Crippen LogP contribution in [-0.4, -0.2) is 22.8 Å². The van der Waals surface area contributed by atoms with Crippen molar-refractivity contribution in [1.29, 1.82) is 0 Å². The van der Waals surface area contributed by atoms with Crippen molar-refractivity contribution in [3.8, 4) is 0 Å². The van der Waals surface area contributed by atoms with Crippen LogP contribution in [0.25, 0.3) is 0 Å². The number of hydrogen-bond donors (Lipinski definition) is 2. The molecule has 0 fully saturated rings. The molecule has 0 spiro atoms. The van der Waals surface area contributed by atoms with Crippen LogP contribution < -0.4 is 5.43 Å². The highest BCUT2D eigenvalue weighted by molar-refractivity contribution is 6.34. The topological polar surface area (TPSA) is 61.7 Å². The lowest BCUT2D eigenvalue weighted by Gasteiger charge is -2.02. The predicted molar refractivity (Wildman–Crippen MR) is 39.0 cm³/mol. The third-order valence-electron chi connectivity index (χ3n) is 0.800. The van der Waals surface area contributed by atoms with Crippen LogP contribution in [0.15, 0.2) is 5.10 Å². The molecule has 0 aliphatic rings. The highest BCUT2D eigenvalue weighted by Crippen LogP contribution is 1.78. The van der Waals surface area contributed by atoms with Gasteiger partial charge in [-0.1, -0.05) is 0 Å². The molecule has 0 unspecified atom stereocenters. The zero-order valence-corrected chi connectivity index (χ0v) is 6.38. The lowest BCUT2D eigenvalue weighted by molar-refractivity contribution is -0.129. The number of hydrogen-bond acceptors (Lipinski definition) is 3. The summed E-state index contributed by atoms with van der Waals surface area (Å²) in [5.41, 5.74) is 2.71. The molecule has 0 saturated carbocycles. The van der Waals surface area contributed by atoms with Gasteiger partial charge < -0.3 is 10.5 Å². The van der Waals surface area contributed by atoms with Crippen LogP contribution in [-0.2, 0) is 4.79 Å². The number of carboxylic acids is 1. The number of rotatable bonds is 3. The number of carbonyl (C=O) groups is 1. The Morgan fingerprint density at radius 2 is 2.10 bits per heavy atom. The van der Waals surface area contributed by atoms with Gasteiger partial charge in [-0.2, -0.15) is 5.10 Å². The summed E-state index contributed by atoms with van der Waals surface area (Å²) in [5.74, 6) is -0.992. The Labute approximate surface area is 59.9 Å². The summed E-state index contributed by atoms with van der Waals surface area (Å²) in [7, 11) is 0. The van der Waals surface area contributed by atoms with Gasteiger partial charge in [0.25, 0.3) is 0 Å². The maximum absolute atomic E-state index is 10.1. The molecule has 4 heteroatoms. The van der Waals surface area contributed by atoms with Gasteiger partial charge in [0.1, 0.15) is 5.71 Å². The van der Waals surface area contributed by atoms with Crippen LogP contribution in [0.5, 0.6) is 0 Å². The lowest BCUT2D eigenvalue weighted by atomic mass is 10.4. The fraction of sp³-hybridized carbons (Fsp3) is 0.667. The quantitative estimate of drug-likeness (QED) is 0.446. The van der Waals surface area contributed by atoms with E-state index in [2.05, 4.69) is 10.5 Å². The Bertz CT molecular complexity index is 152. The molecule has 2 N–H and O–H groups in total. The van der Waals surface area contributed by atoms with Crippen LogP contribution in [0, 0.1) is 0 Å². The molecule has 0 aromatic heterocycles. The maximum Gasteiger partial charge on any atom is 0.351 e. The zero-order valence-electron chi connectivity index (χ0n) is 6.38. The summed E-state index contributed by atoms with van der Waals surface area (Å²) in [6.07, 6.45) is 0. The van der Waals surface area contributed by atoms with Crippen molar-refractivity contribution >= 4 is 11.7 Å². The standard InChI is InChI=1S/C6H12N2O2/c1-4(2)7-8-5(3)6(9)10/h4,7H,1-3H3,(H,9,10)/b8-5-. The largest absolute Gasteiger partial charge is 0.477 e. The van der Waals surface area contributed by atoms with Gasteiger partial charge >= 0.3 is 5.97 Å². The number of nitrogens with one attached hydrogen (secondary N) is 1. The van der Waals surface area contributed by atoms with Crippen molar-refractivity contribution in [3.63, 3.8) is 0 Å².